The van der Waals surface area contributed by atoms with Crippen molar-refractivity contribution in [3.8, 4) is 0 Å². The number of anilines is 1. The molecule has 1 amide bonds. The maximum absolute atomic E-state index is 14.1. The fourth-order valence-electron chi connectivity index (χ4n) is 4.29. The number of fused-ring (bicyclic) bond motifs is 1. The van der Waals surface area contributed by atoms with Gasteiger partial charge in [-0.25, -0.2) is 8.78 Å². The van der Waals surface area contributed by atoms with Crippen LogP contribution >= 0.6 is 0 Å². The van der Waals surface area contributed by atoms with Crippen LogP contribution in [0.15, 0.2) is 42.5 Å². The van der Waals surface area contributed by atoms with E-state index in [1.165, 1.54) is 24.3 Å². The molecule has 4 rings (SSSR count). The summed E-state index contributed by atoms with van der Waals surface area (Å²) < 4.78 is 27.4. The molecule has 2 aromatic carbocycles. The van der Waals surface area contributed by atoms with Crippen molar-refractivity contribution >= 4 is 11.6 Å². The third-order valence-electron chi connectivity index (χ3n) is 5.66. The molecule has 27 heavy (non-hydrogen) atoms. The Labute approximate surface area is 158 Å². The molecule has 5 heteroatoms. The molecule has 2 aromatic rings. The van der Waals surface area contributed by atoms with E-state index in [0.717, 1.165) is 49.9 Å². The lowest BCUT2D eigenvalue weighted by atomic mass is 9.87. The van der Waals surface area contributed by atoms with Crippen LogP contribution in [-0.2, 0) is 4.79 Å². The van der Waals surface area contributed by atoms with Crippen molar-refractivity contribution in [3.63, 3.8) is 0 Å². The summed E-state index contributed by atoms with van der Waals surface area (Å²) in [5.41, 5.74) is 2.60. The molecule has 2 aliphatic rings. The molecule has 1 atom stereocenters. The van der Waals surface area contributed by atoms with E-state index < -0.39 is 0 Å². The monoisotopic (exact) mass is 370 g/mol. The van der Waals surface area contributed by atoms with Gasteiger partial charge in [-0.3, -0.25) is 9.69 Å². The number of carbonyl (C=O) groups is 1. The first kappa shape index (κ1) is 18.1. The van der Waals surface area contributed by atoms with Crippen LogP contribution in [0.25, 0.3) is 0 Å². The molecule has 0 bridgehead atoms. The molecule has 1 saturated heterocycles. The Bertz CT molecular complexity index is 816. The zero-order valence-corrected chi connectivity index (χ0v) is 15.3. The fraction of sp³-hybridized carbons (Fsp3) is 0.409. The summed E-state index contributed by atoms with van der Waals surface area (Å²) in [6.45, 7) is 2.87. The number of amides is 1. The van der Waals surface area contributed by atoms with Crippen molar-refractivity contribution in [1.29, 1.82) is 0 Å². The van der Waals surface area contributed by atoms with Gasteiger partial charge in [0.05, 0.1) is 12.2 Å². The Kier molecular flexibility index (Phi) is 5.21. The van der Waals surface area contributed by atoms with E-state index in [1.807, 2.05) is 0 Å². The van der Waals surface area contributed by atoms with E-state index in [9.17, 15) is 13.6 Å². The van der Waals surface area contributed by atoms with Crippen LogP contribution in [0.4, 0.5) is 14.5 Å². The number of nitrogens with zero attached hydrogens (tertiary/aromatic N) is 2. The minimum atomic E-state index is -0.340. The summed E-state index contributed by atoms with van der Waals surface area (Å²) in [5.74, 6) is -0.545. The van der Waals surface area contributed by atoms with Gasteiger partial charge >= 0.3 is 0 Å². The molecule has 142 valence electrons. The van der Waals surface area contributed by atoms with Gasteiger partial charge in [-0.2, -0.15) is 0 Å². The highest BCUT2D eigenvalue weighted by atomic mass is 19.1. The van der Waals surface area contributed by atoms with Gasteiger partial charge in [0.15, 0.2) is 0 Å². The number of likely N-dealkylation sites (tertiary alicyclic amines) is 1. The molecule has 2 heterocycles. The second kappa shape index (κ2) is 7.77. The second-order valence-corrected chi connectivity index (χ2v) is 7.48. The first-order valence-electron chi connectivity index (χ1n) is 9.69. The first-order chi connectivity index (χ1) is 13.1. The van der Waals surface area contributed by atoms with E-state index in [2.05, 4.69) is 4.90 Å². The molecule has 0 spiro atoms. The second-order valence-electron chi connectivity index (χ2n) is 7.48. The van der Waals surface area contributed by atoms with Crippen LogP contribution in [0, 0.1) is 11.6 Å². The Morgan fingerprint density at radius 2 is 1.63 bits per heavy atom. The number of benzene rings is 2. The predicted molar refractivity (Wildman–Crippen MR) is 102 cm³/mol. The quantitative estimate of drug-likeness (QED) is 0.803. The molecular weight excluding hydrogens is 346 g/mol. The smallest absolute Gasteiger partial charge is 0.241 e. The molecule has 2 aliphatic heterocycles. The van der Waals surface area contributed by atoms with Gasteiger partial charge in [0.1, 0.15) is 11.6 Å². The summed E-state index contributed by atoms with van der Waals surface area (Å²) in [6.07, 6.45) is 3.93. The van der Waals surface area contributed by atoms with Crippen LogP contribution in [0.2, 0.25) is 0 Å². The van der Waals surface area contributed by atoms with E-state index >= 15 is 0 Å². The summed E-state index contributed by atoms with van der Waals surface area (Å²) in [5, 5.41) is 0. The van der Waals surface area contributed by atoms with Gasteiger partial charge in [-0.1, -0.05) is 18.2 Å². The van der Waals surface area contributed by atoms with Gasteiger partial charge in [0.2, 0.25) is 5.91 Å². The largest absolute Gasteiger partial charge is 0.311 e. The van der Waals surface area contributed by atoms with E-state index in [1.54, 1.807) is 23.1 Å². The minimum Gasteiger partial charge on any atom is -0.311 e. The van der Waals surface area contributed by atoms with Gasteiger partial charge < -0.3 is 4.90 Å². The molecule has 0 radical (unpaired) electrons. The molecule has 0 aromatic heterocycles. The Morgan fingerprint density at radius 3 is 2.37 bits per heavy atom. The maximum Gasteiger partial charge on any atom is 0.241 e. The number of carbonyl (C=O) groups excluding carboxylic acids is 1. The molecule has 0 aliphatic carbocycles. The van der Waals surface area contributed by atoms with Crippen molar-refractivity contribution in [2.24, 2.45) is 0 Å². The first-order valence-corrected chi connectivity index (χ1v) is 9.69. The highest BCUT2D eigenvalue weighted by Crippen LogP contribution is 2.39. The van der Waals surface area contributed by atoms with Crippen molar-refractivity contribution in [3.05, 3.63) is 65.2 Å². The van der Waals surface area contributed by atoms with Crippen molar-refractivity contribution in [1.82, 2.24) is 4.90 Å². The SMILES string of the molecule is O=C(CN1CCCC1)N1CCC[C@H](c2ccc(F)cc2)c2ccc(F)cc21. The van der Waals surface area contributed by atoms with Crippen LogP contribution in [0.5, 0.6) is 0 Å². The average molecular weight is 370 g/mol. The Hall–Kier alpha value is -2.27. The molecule has 0 N–H and O–H groups in total. The predicted octanol–water partition coefficient (Wildman–Crippen LogP) is 4.32. The summed E-state index contributed by atoms with van der Waals surface area (Å²) in [7, 11) is 0. The molecular formula is C22H24F2N2O. The summed E-state index contributed by atoms with van der Waals surface area (Å²) in [6, 6.07) is 11.2. The maximum atomic E-state index is 14.1. The van der Waals surface area contributed by atoms with Crippen molar-refractivity contribution in [2.75, 3.05) is 31.1 Å². The fourth-order valence-corrected chi connectivity index (χ4v) is 4.29. The van der Waals surface area contributed by atoms with Gasteiger partial charge in [0, 0.05) is 12.5 Å². The summed E-state index contributed by atoms with van der Waals surface area (Å²) >= 11 is 0. The van der Waals surface area contributed by atoms with E-state index in [4.69, 9.17) is 0 Å². The highest BCUT2D eigenvalue weighted by molar-refractivity contribution is 5.96. The third kappa shape index (κ3) is 3.88. The lowest BCUT2D eigenvalue weighted by Gasteiger charge is -2.26. The molecule has 3 nitrogen and oxygen atoms in total. The molecule has 0 saturated carbocycles. The van der Waals surface area contributed by atoms with Crippen LogP contribution in [-0.4, -0.2) is 37.0 Å². The van der Waals surface area contributed by atoms with Crippen LogP contribution in [0.1, 0.15) is 42.7 Å². The normalized spacial score (nSPS) is 20.4. The van der Waals surface area contributed by atoms with E-state index in [0.29, 0.717) is 18.8 Å². The van der Waals surface area contributed by atoms with Crippen LogP contribution in [0.3, 0.4) is 0 Å². The Balaban J connectivity index is 1.67. The lowest BCUT2D eigenvalue weighted by Crippen LogP contribution is -2.40. The third-order valence-corrected chi connectivity index (χ3v) is 5.66. The van der Waals surface area contributed by atoms with Gasteiger partial charge in [0.25, 0.3) is 0 Å². The topological polar surface area (TPSA) is 23.6 Å². The standard InChI is InChI=1S/C22H24F2N2O/c23-17-7-5-16(6-8-17)19-4-3-13-26(21-14-18(24)9-10-20(19)21)22(27)15-25-11-1-2-12-25/h5-10,14,19H,1-4,11-13,15H2/t19-/m1/s1. The summed E-state index contributed by atoms with van der Waals surface area (Å²) in [4.78, 5) is 16.9. The molecule has 0 unspecified atom stereocenters. The number of halogens is 2. The van der Waals surface area contributed by atoms with Gasteiger partial charge in [-0.05, 0) is 74.2 Å². The van der Waals surface area contributed by atoms with Gasteiger partial charge in [-0.15, -0.1) is 0 Å². The number of hydrogen-bond donors (Lipinski definition) is 0. The number of rotatable bonds is 3. The minimum absolute atomic E-state index is 0.0310. The number of hydrogen-bond acceptors (Lipinski definition) is 2. The van der Waals surface area contributed by atoms with Crippen molar-refractivity contribution < 1.29 is 13.6 Å². The highest BCUT2D eigenvalue weighted by Gasteiger charge is 2.29. The van der Waals surface area contributed by atoms with Crippen molar-refractivity contribution in [2.45, 2.75) is 31.6 Å². The zero-order chi connectivity index (χ0) is 18.8. The van der Waals surface area contributed by atoms with Crippen LogP contribution < -0.4 is 4.90 Å². The Morgan fingerprint density at radius 1 is 0.926 bits per heavy atom. The average Bonchev–Trinajstić information content (AvgIpc) is 3.09. The van der Waals surface area contributed by atoms with E-state index in [-0.39, 0.29) is 23.5 Å². The molecule has 1 fully saturated rings. The zero-order valence-electron chi connectivity index (χ0n) is 15.3. The lowest BCUT2D eigenvalue weighted by molar-refractivity contribution is -0.119.